The van der Waals surface area contributed by atoms with Crippen molar-refractivity contribution in [2.24, 2.45) is 0 Å². The van der Waals surface area contributed by atoms with E-state index in [1.807, 2.05) is 11.3 Å². The number of benzene rings is 8. The van der Waals surface area contributed by atoms with Gasteiger partial charge >= 0.3 is 0 Å². The van der Waals surface area contributed by atoms with E-state index in [1.165, 1.54) is 86.7 Å². The van der Waals surface area contributed by atoms with Crippen LogP contribution in [0.3, 0.4) is 0 Å². The van der Waals surface area contributed by atoms with E-state index in [9.17, 15) is 0 Å². The van der Waals surface area contributed by atoms with Crippen molar-refractivity contribution >= 4 is 70.4 Å². The number of thiophene rings is 1. The number of anilines is 3. The summed E-state index contributed by atoms with van der Waals surface area (Å²) in [7, 11) is 0. The van der Waals surface area contributed by atoms with Crippen molar-refractivity contribution in [3.8, 4) is 27.9 Å². The topological polar surface area (TPSA) is 8.17 Å². The molecule has 0 aliphatic heterocycles. The number of para-hydroxylation sites is 2. The monoisotopic (exact) mass is 708 g/mol. The normalized spacial score (nSPS) is 13.1. The Morgan fingerprint density at radius 2 is 1.11 bits per heavy atom. The van der Waals surface area contributed by atoms with E-state index in [1.54, 1.807) is 0 Å². The van der Waals surface area contributed by atoms with Gasteiger partial charge in [0.1, 0.15) is 0 Å². The lowest BCUT2D eigenvalue weighted by atomic mass is 9.82. The molecule has 8 aromatic carbocycles. The van der Waals surface area contributed by atoms with E-state index in [2.05, 4.69) is 205 Å². The molecule has 1 aliphatic carbocycles. The zero-order valence-corrected chi connectivity index (χ0v) is 30.9. The van der Waals surface area contributed by atoms with Crippen molar-refractivity contribution in [3.05, 3.63) is 193 Å². The maximum absolute atomic E-state index is 2.48. The van der Waals surface area contributed by atoms with Crippen LogP contribution in [0.2, 0.25) is 0 Å². The van der Waals surface area contributed by atoms with E-state index in [4.69, 9.17) is 0 Å². The standard InChI is InChI=1S/C51H36N2S/c1-51(2)43-18-9-6-15-38(43)39-29-27-36(31-44(39)51)52(35-25-23-34(24-26-35)33-13-4-3-5-14-33)47-21-12-22-48-50(47)42-30-28-37(32-49(42)54-48)53-45-19-10-7-16-40(45)41-17-8-11-20-46(41)53/h3-32H,1-2H3. The fourth-order valence-electron chi connectivity index (χ4n) is 9.01. The van der Waals surface area contributed by atoms with E-state index in [0.29, 0.717) is 0 Å². The van der Waals surface area contributed by atoms with Gasteiger partial charge in [-0.25, -0.2) is 0 Å². The number of nitrogens with zero attached hydrogens (tertiary/aromatic N) is 2. The lowest BCUT2D eigenvalue weighted by molar-refractivity contribution is 0.660. The van der Waals surface area contributed by atoms with Crippen LogP contribution in [0.15, 0.2) is 182 Å². The summed E-state index contributed by atoms with van der Waals surface area (Å²) in [6.45, 7) is 4.73. The zero-order valence-electron chi connectivity index (χ0n) is 30.1. The Bertz CT molecular complexity index is 3020. The first-order valence-corrected chi connectivity index (χ1v) is 19.5. The molecule has 0 fully saturated rings. The largest absolute Gasteiger partial charge is 0.310 e. The van der Waals surface area contributed by atoms with Gasteiger partial charge in [0.05, 0.1) is 16.7 Å². The summed E-state index contributed by atoms with van der Waals surface area (Å²) in [5.74, 6) is 0. The SMILES string of the molecule is CC1(C)c2ccccc2-c2ccc(N(c3ccc(-c4ccccc4)cc3)c3cccc4sc5cc(-n6c7ccccc7c7ccccc76)ccc5c34)cc21. The number of fused-ring (bicyclic) bond motifs is 9. The highest BCUT2D eigenvalue weighted by Gasteiger charge is 2.36. The average Bonchev–Trinajstić information content (AvgIpc) is 3.84. The fourth-order valence-corrected chi connectivity index (χ4v) is 10.2. The third-order valence-corrected chi connectivity index (χ3v) is 12.7. The second-order valence-corrected chi connectivity index (χ2v) is 16.0. The Kier molecular flexibility index (Phi) is 6.80. The highest BCUT2D eigenvalue weighted by atomic mass is 32.1. The third-order valence-electron chi connectivity index (χ3n) is 11.6. The van der Waals surface area contributed by atoms with E-state index in [-0.39, 0.29) is 5.41 Å². The van der Waals surface area contributed by atoms with Crippen molar-refractivity contribution in [1.29, 1.82) is 0 Å². The van der Waals surface area contributed by atoms with Gasteiger partial charge in [-0.05, 0) is 94.0 Å². The molecule has 0 radical (unpaired) electrons. The summed E-state index contributed by atoms with van der Waals surface area (Å²) in [6.07, 6.45) is 0. The van der Waals surface area contributed by atoms with Crippen molar-refractivity contribution in [1.82, 2.24) is 4.57 Å². The van der Waals surface area contributed by atoms with Gasteiger partial charge in [-0.3, -0.25) is 0 Å². The van der Waals surface area contributed by atoms with Gasteiger partial charge in [0, 0.05) is 53.4 Å². The molecule has 11 rings (SSSR count). The Morgan fingerprint density at radius 1 is 0.463 bits per heavy atom. The second kappa shape index (κ2) is 11.8. The fraction of sp³-hybridized carbons (Fsp3) is 0.0588. The summed E-state index contributed by atoms with van der Waals surface area (Å²) in [5.41, 5.74) is 14.9. The molecule has 10 aromatic rings. The molecular weight excluding hydrogens is 673 g/mol. The van der Waals surface area contributed by atoms with Gasteiger partial charge in [0.15, 0.2) is 0 Å². The molecule has 0 saturated carbocycles. The maximum Gasteiger partial charge on any atom is 0.0554 e. The molecule has 0 atom stereocenters. The molecule has 54 heavy (non-hydrogen) atoms. The lowest BCUT2D eigenvalue weighted by Crippen LogP contribution is -2.16. The Labute approximate surface area is 318 Å². The van der Waals surface area contributed by atoms with Gasteiger partial charge in [0.25, 0.3) is 0 Å². The minimum absolute atomic E-state index is 0.102. The highest BCUT2D eigenvalue weighted by Crippen LogP contribution is 2.52. The van der Waals surface area contributed by atoms with Crippen molar-refractivity contribution in [2.75, 3.05) is 4.90 Å². The molecule has 2 aromatic heterocycles. The minimum Gasteiger partial charge on any atom is -0.310 e. The lowest BCUT2D eigenvalue weighted by Gasteiger charge is -2.29. The number of aromatic nitrogens is 1. The third kappa shape index (κ3) is 4.58. The van der Waals surface area contributed by atoms with Gasteiger partial charge in [-0.15, -0.1) is 11.3 Å². The Hall–Kier alpha value is -6.42. The van der Waals surface area contributed by atoms with Crippen molar-refractivity contribution in [2.45, 2.75) is 19.3 Å². The molecule has 2 nitrogen and oxygen atoms in total. The smallest absolute Gasteiger partial charge is 0.0554 e. The number of rotatable bonds is 5. The molecule has 0 N–H and O–H groups in total. The molecule has 0 bridgehead atoms. The first-order chi connectivity index (χ1) is 26.5. The maximum atomic E-state index is 2.48. The van der Waals surface area contributed by atoms with Gasteiger partial charge in [-0.2, -0.15) is 0 Å². The molecule has 0 unspecified atom stereocenters. The molecule has 3 heteroatoms. The van der Waals surface area contributed by atoms with Crippen LogP contribution >= 0.6 is 11.3 Å². The number of hydrogen-bond donors (Lipinski definition) is 0. The van der Waals surface area contributed by atoms with Crippen LogP contribution in [0.25, 0.3) is 69.9 Å². The molecule has 0 spiro atoms. The number of hydrogen-bond acceptors (Lipinski definition) is 2. The van der Waals surface area contributed by atoms with Gasteiger partial charge < -0.3 is 9.47 Å². The Morgan fingerprint density at radius 3 is 1.89 bits per heavy atom. The highest BCUT2D eigenvalue weighted by molar-refractivity contribution is 7.26. The van der Waals surface area contributed by atoms with E-state index < -0.39 is 0 Å². The first kappa shape index (κ1) is 31.1. The molecule has 1 aliphatic rings. The summed E-state index contributed by atoms with van der Waals surface area (Å²) in [6, 6.07) is 67.0. The van der Waals surface area contributed by atoms with Crippen LogP contribution < -0.4 is 4.90 Å². The molecule has 2 heterocycles. The van der Waals surface area contributed by atoms with Crippen LogP contribution in [0.4, 0.5) is 17.1 Å². The predicted octanol–water partition coefficient (Wildman–Crippen LogP) is 14.6. The van der Waals surface area contributed by atoms with Crippen LogP contribution in [0.5, 0.6) is 0 Å². The summed E-state index contributed by atoms with van der Waals surface area (Å²) in [4.78, 5) is 2.48. The quantitative estimate of drug-likeness (QED) is 0.173. The minimum atomic E-state index is -0.102. The van der Waals surface area contributed by atoms with Crippen LogP contribution in [0, 0.1) is 0 Å². The van der Waals surface area contributed by atoms with Crippen molar-refractivity contribution in [3.63, 3.8) is 0 Å². The van der Waals surface area contributed by atoms with Gasteiger partial charge in [-0.1, -0.05) is 135 Å². The molecule has 0 amide bonds. The zero-order chi connectivity index (χ0) is 36.0. The van der Waals surface area contributed by atoms with Crippen LogP contribution in [-0.4, -0.2) is 4.57 Å². The predicted molar refractivity (Wildman–Crippen MR) is 231 cm³/mol. The average molecular weight is 709 g/mol. The summed E-state index contributed by atoms with van der Waals surface area (Å²) >= 11 is 1.88. The van der Waals surface area contributed by atoms with Crippen molar-refractivity contribution < 1.29 is 0 Å². The van der Waals surface area contributed by atoms with Gasteiger partial charge in [0.2, 0.25) is 0 Å². The van der Waals surface area contributed by atoms with E-state index >= 15 is 0 Å². The van der Waals surface area contributed by atoms with Crippen LogP contribution in [-0.2, 0) is 5.41 Å². The van der Waals surface area contributed by atoms with Crippen LogP contribution in [0.1, 0.15) is 25.0 Å². The summed E-state index contributed by atoms with van der Waals surface area (Å²) in [5, 5.41) is 5.11. The summed E-state index contributed by atoms with van der Waals surface area (Å²) < 4.78 is 4.98. The Balaban J connectivity index is 1.11. The second-order valence-electron chi connectivity index (χ2n) is 15.0. The molecular formula is C51H36N2S. The molecule has 0 saturated heterocycles. The first-order valence-electron chi connectivity index (χ1n) is 18.7. The van der Waals surface area contributed by atoms with E-state index in [0.717, 1.165) is 11.4 Å². The molecule has 256 valence electrons.